The lowest BCUT2D eigenvalue weighted by molar-refractivity contribution is 0.229. The van der Waals surface area contributed by atoms with Crippen LogP contribution in [0.5, 0.6) is 5.75 Å². The predicted octanol–water partition coefficient (Wildman–Crippen LogP) is 2.31. The molecule has 1 saturated carbocycles. The molecule has 1 aliphatic carbocycles. The van der Waals surface area contributed by atoms with Gasteiger partial charge >= 0.3 is 0 Å². The SMILES string of the molecule is OCC1(NCc2cc(Cl)cc(Cl)c2O)CC1. The molecule has 1 aromatic carbocycles. The van der Waals surface area contributed by atoms with E-state index in [0.717, 1.165) is 12.8 Å². The molecule has 1 aliphatic rings. The number of aliphatic hydroxyl groups excluding tert-OH is 1. The molecule has 88 valence electrons. The lowest BCUT2D eigenvalue weighted by atomic mass is 10.2. The second kappa shape index (κ2) is 4.41. The Morgan fingerprint density at radius 1 is 1.31 bits per heavy atom. The fourth-order valence-corrected chi connectivity index (χ4v) is 2.11. The van der Waals surface area contributed by atoms with Gasteiger partial charge in [0, 0.05) is 22.7 Å². The molecule has 0 unspecified atom stereocenters. The molecule has 2 rings (SSSR count). The molecule has 16 heavy (non-hydrogen) atoms. The highest BCUT2D eigenvalue weighted by molar-refractivity contribution is 6.35. The Balaban J connectivity index is 2.09. The van der Waals surface area contributed by atoms with Gasteiger partial charge in [-0.2, -0.15) is 0 Å². The molecule has 1 aromatic rings. The number of phenolic OH excluding ortho intramolecular Hbond substituents is 1. The molecule has 0 heterocycles. The van der Waals surface area contributed by atoms with E-state index in [1.54, 1.807) is 6.07 Å². The zero-order valence-corrected chi connectivity index (χ0v) is 10.1. The summed E-state index contributed by atoms with van der Waals surface area (Å²) in [6, 6.07) is 3.17. The second-order valence-corrected chi connectivity index (χ2v) is 5.03. The van der Waals surface area contributed by atoms with Crippen LogP contribution in [0.25, 0.3) is 0 Å². The van der Waals surface area contributed by atoms with Gasteiger partial charge in [-0.1, -0.05) is 23.2 Å². The maximum atomic E-state index is 9.72. The fraction of sp³-hybridized carbons (Fsp3) is 0.455. The molecule has 0 bridgehead atoms. The molecule has 1 fully saturated rings. The topological polar surface area (TPSA) is 52.5 Å². The minimum atomic E-state index is -0.165. The number of phenols is 1. The summed E-state index contributed by atoms with van der Waals surface area (Å²) < 4.78 is 0. The Morgan fingerprint density at radius 2 is 2.00 bits per heavy atom. The molecular weight excluding hydrogens is 249 g/mol. The molecule has 0 amide bonds. The zero-order chi connectivity index (χ0) is 11.8. The van der Waals surface area contributed by atoms with E-state index in [2.05, 4.69) is 5.32 Å². The van der Waals surface area contributed by atoms with Crippen molar-refractivity contribution in [2.75, 3.05) is 6.61 Å². The maximum absolute atomic E-state index is 9.72. The number of aromatic hydroxyl groups is 1. The van der Waals surface area contributed by atoms with E-state index in [-0.39, 0.29) is 22.9 Å². The summed E-state index contributed by atoms with van der Waals surface area (Å²) in [5.74, 6) is 0.0484. The number of benzene rings is 1. The highest BCUT2D eigenvalue weighted by Gasteiger charge is 2.41. The quantitative estimate of drug-likeness (QED) is 0.780. The molecule has 3 N–H and O–H groups in total. The Labute approximate surface area is 104 Å². The average Bonchev–Trinajstić information content (AvgIpc) is 3.02. The third-order valence-electron chi connectivity index (χ3n) is 2.92. The first-order valence-electron chi connectivity index (χ1n) is 5.09. The van der Waals surface area contributed by atoms with Gasteiger partial charge in [0.1, 0.15) is 5.75 Å². The monoisotopic (exact) mass is 261 g/mol. The highest BCUT2D eigenvalue weighted by atomic mass is 35.5. The smallest absolute Gasteiger partial charge is 0.138 e. The predicted molar refractivity (Wildman–Crippen MR) is 64.0 cm³/mol. The fourth-order valence-electron chi connectivity index (χ4n) is 1.58. The zero-order valence-electron chi connectivity index (χ0n) is 8.63. The Kier molecular flexibility index (Phi) is 3.31. The summed E-state index contributed by atoms with van der Waals surface area (Å²) in [5.41, 5.74) is 0.485. The summed E-state index contributed by atoms with van der Waals surface area (Å²) in [6.45, 7) is 0.564. The number of rotatable bonds is 4. The van der Waals surface area contributed by atoms with Crippen molar-refractivity contribution in [3.05, 3.63) is 27.7 Å². The number of nitrogens with one attached hydrogen (secondary N) is 1. The van der Waals surface area contributed by atoms with Gasteiger partial charge in [-0.05, 0) is 25.0 Å². The summed E-state index contributed by atoms with van der Waals surface area (Å²) in [6.07, 6.45) is 1.91. The standard InChI is InChI=1S/C11H13Cl2NO2/c12-8-3-7(10(16)9(13)4-8)5-14-11(6-15)1-2-11/h3-4,14-16H,1-2,5-6H2. The van der Waals surface area contributed by atoms with Gasteiger partial charge in [-0.15, -0.1) is 0 Å². The molecule has 0 spiro atoms. The Morgan fingerprint density at radius 3 is 2.56 bits per heavy atom. The van der Waals surface area contributed by atoms with E-state index >= 15 is 0 Å². The number of hydrogen-bond acceptors (Lipinski definition) is 3. The van der Waals surface area contributed by atoms with Gasteiger partial charge in [0.2, 0.25) is 0 Å². The van der Waals surface area contributed by atoms with Crippen LogP contribution in [0.2, 0.25) is 10.0 Å². The van der Waals surface area contributed by atoms with Gasteiger partial charge in [0.05, 0.1) is 11.6 Å². The molecule has 0 radical (unpaired) electrons. The number of aliphatic hydroxyl groups is 1. The van der Waals surface area contributed by atoms with Crippen LogP contribution >= 0.6 is 23.2 Å². The minimum absolute atomic E-state index is 0.0484. The largest absolute Gasteiger partial charge is 0.506 e. The minimum Gasteiger partial charge on any atom is -0.506 e. The Hall–Kier alpha value is -0.480. The molecule has 0 saturated heterocycles. The summed E-state index contributed by atoms with van der Waals surface area (Å²) in [4.78, 5) is 0. The molecule has 0 atom stereocenters. The number of hydrogen-bond donors (Lipinski definition) is 3. The van der Waals surface area contributed by atoms with Crippen LogP contribution < -0.4 is 5.32 Å². The van der Waals surface area contributed by atoms with Crippen molar-refractivity contribution in [2.45, 2.75) is 24.9 Å². The lowest BCUT2D eigenvalue weighted by Crippen LogP contribution is -2.34. The van der Waals surface area contributed by atoms with Crippen LogP contribution in [0.4, 0.5) is 0 Å². The van der Waals surface area contributed by atoms with E-state index in [4.69, 9.17) is 28.3 Å². The first-order chi connectivity index (χ1) is 7.56. The van der Waals surface area contributed by atoms with Crippen LogP contribution in [-0.4, -0.2) is 22.4 Å². The van der Waals surface area contributed by atoms with Gasteiger partial charge in [0.25, 0.3) is 0 Å². The lowest BCUT2D eigenvalue weighted by Gasteiger charge is -2.15. The maximum Gasteiger partial charge on any atom is 0.138 e. The summed E-state index contributed by atoms with van der Waals surface area (Å²) in [5, 5.41) is 22.8. The van der Waals surface area contributed by atoms with Crippen molar-refractivity contribution in [3.8, 4) is 5.75 Å². The average molecular weight is 262 g/mol. The number of halogens is 2. The van der Waals surface area contributed by atoms with E-state index in [1.807, 2.05) is 0 Å². The van der Waals surface area contributed by atoms with Crippen molar-refractivity contribution in [2.24, 2.45) is 0 Å². The van der Waals surface area contributed by atoms with Crippen molar-refractivity contribution < 1.29 is 10.2 Å². The van der Waals surface area contributed by atoms with Gasteiger partial charge in [0.15, 0.2) is 0 Å². The van der Waals surface area contributed by atoms with Crippen LogP contribution in [0, 0.1) is 0 Å². The molecule has 5 heteroatoms. The third-order valence-corrected chi connectivity index (χ3v) is 3.42. The van der Waals surface area contributed by atoms with E-state index in [9.17, 15) is 5.11 Å². The first kappa shape index (κ1) is 12.0. The summed E-state index contributed by atoms with van der Waals surface area (Å²) in [7, 11) is 0. The van der Waals surface area contributed by atoms with Crippen molar-refractivity contribution in [1.82, 2.24) is 5.32 Å². The van der Waals surface area contributed by atoms with E-state index in [1.165, 1.54) is 6.07 Å². The van der Waals surface area contributed by atoms with Gasteiger partial charge in [-0.3, -0.25) is 0 Å². The Bertz CT molecular complexity index is 405. The normalized spacial score (nSPS) is 17.4. The summed E-state index contributed by atoms with van der Waals surface area (Å²) >= 11 is 11.7. The first-order valence-corrected chi connectivity index (χ1v) is 5.85. The van der Waals surface area contributed by atoms with E-state index in [0.29, 0.717) is 17.1 Å². The second-order valence-electron chi connectivity index (χ2n) is 4.19. The highest BCUT2D eigenvalue weighted by Crippen LogP contribution is 2.36. The van der Waals surface area contributed by atoms with Crippen LogP contribution in [0.3, 0.4) is 0 Å². The van der Waals surface area contributed by atoms with Crippen LogP contribution in [0.1, 0.15) is 18.4 Å². The molecule has 3 nitrogen and oxygen atoms in total. The molecule has 0 aromatic heterocycles. The van der Waals surface area contributed by atoms with Gasteiger partial charge in [-0.25, -0.2) is 0 Å². The van der Waals surface area contributed by atoms with Crippen LogP contribution in [0.15, 0.2) is 12.1 Å². The van der Waals surface area contributed by atoms with Crippen molar-refractivity contribution in [3.63, 3.8) is 0 Å². The van der Waals surface area contributed by atoms with Crippen LogP contribution in [-0.2, 0) is 6.54 Å². The third kappa shape index (κ3) is 2.43. The van der Waals surface area contributed by atoms with E-state index < -0.39 is 0 Å². The van der Waals surface area contributed by atoms with Crippen molar-refractivity contribution in [1.29, 1.82) is 0 Å². The van der Waals surface area contributed by atoms with Gasteiger partial charge < -0.3 is 15.5 Å². The molecular formula is C11H13Cl2NO2. The van der Waals surface area contributed by atoms with Crippen molar-refractivity contribution >= 4 is 23.2 Å². The molecule has 0 aliphatic heterocycles.